The Morgan fingerprint density at radius 1 is 1.45 bits per heavy atom. The number of benzene rings is 1. The number of methoxy groups -OCH3 is 1. The fourth-order valence-corrected chi connectivity index (χ4v) is 3.26. The van der Waals surface area contributed by atoms with Gasteiger partial charge >= 0.3 is 0 Å². The van der Waals surface area contributed by atoms with Crippen LogP contribution in [0.25, 0.3) is 0 Å². The second-order valence-corrected chi connectivity index (χ2v) is 6.47. The van der Waals surface area contributed by atoms with E-state index in [2.05, 4.69) is 4.72 Å². The molecule has 0 aliphatic heterocycles. The topological polar surface area (TPSA) is 75.6 Å². The normalized spacial score (nSPS) is 14.8. The van der Waals surface area contributed by atoms with Gasteiger partial charge < -0.3 is 9.84 Å². The molecule has 1 atom stereocenters. The number of ether oxygens (including phenoxy) is 1. The van der Waals surface area contributed by atoms with E-state index in [9.17, 15) is 12.8 Å². The summed E-state index contributed by atoms with van der Waals surface area (Å²) in [6.07, 6.45) is 0.785. The van der Waals surface area contributed by atoms with Crippen LogP contribution < -0.4 is 9.46 Å². The van der Waals surface area contributed by atoms with Crippen molar-refractivity contribution in [2.75, 3.05) is 13.7 Å². The van der Waals surface area contributed by atoms with Gasteiger partial charge in [-0.2, -0.15) is 0 Å². The van der Waals surface area contributed by atoms with Crippen LogP contribution in [0.4, 0.5) is 4.39 Å². The summed E-state index contributed by atoms with van der Waals surface area (Å²) in [5.74, 6) is -0.756. The van der Waals surface area contributed by atoms with E-state index in [4.69, 9.17) is 9.84 Å². The monoisotopic (exact) mass is 305 g/mol. The maximum absolute atomic E-state index is 13.6. The Balaban J connectivity index is 3.08. The van der Waals surface area contributed by atoms with Gasteiger partial charge in [-0.25, -0.2) is 17.5 Å². The smallest absolute Gasteiger partial charge is 0.241 e. The molecule has 0 aliphatic carbocycles. The van der Waals surface area contributed by atoms with Crippen LogP contribution in [-0.4, -0.2) is 32.8 Å². The third kappa shape index (κ3) is 3.91. The van der Waals surface area contributed by atoms with Gasteiger partial charge in [-0.15, -0.1) is 0 Å². The summed E-state index contributed by atoms with van der Waals surface area (Å²) in [7, 11) is -2.55. The van der Waals surface area contributed by atoms with Crippen molar-refractivity contribution in [2.45, 2.75) is 37.1 Å². The van der Waals surface area contributed by atoms with Crippen LogP contribution in [-0.2, 0) is 10.0 Å². The number of sulfonamides is 1. The van der Waals surface area contributed by atoms with Gasteiger partial charge in [0.2, 0.25) is 10.0 Å². The van der Waals surface area contributed by atoms with E-state index in [0.717, 1.165) is 6.07 Å². The highest BCUT2D eigenvalue weighted by Crippen LogP contribution is 2.23. The summed E-state index contributed by atoms with van der Waals surface area (Å²) in [5, 5.41) is 9.00. The first-order valence-electron chi connectivity index (χ1n) is 6.26. The van der Waals surface area contributed by atoms with Crippen molar-refractivity contribution in [1.82, 2.24) is 4.72 Å². The molecule has 0 heterocycles. The number of aliphatic hydroxyl groups is 1. The summed E-state index contributed by atoms with van der Waals surface area (Å²) in [4.78, 5) is -0.173. The molecule has 1 aromatic carbocycles. The molecule has 1 rings (SSSR count). The van der Waals surface area contributed by atoms with E-state index < -0.39 is 21.4 Å². The van der Waals surface area contributed by atoms with Crippen molar-refractivity contribution in [3.63, 3.8) is 0 Å². The third-order valence-corrected chi connectivity index (χ3v) is 4.89. The summed E-state index contributed by atoms with van der Waals surface area (Å²) >= 11 is 0. The van der Waals surface area contributed by atoms with Gasteiger partial charge in [0.05, 0.1) is 12.0 Å². The lowest BCUT2D eigenvalue weighted by atomic mass is 9.97. The van der Waals surface area contributed by atoms with Crippen LogP contribution in [0.5, 0.6) is 5.75 Å². The van der Waals surface area contributed by atoms with Crippen LogP contribution in [0.2, 0.25) is 0 Å². The van der Waals surface area contributed by atoms with Crippen molar-refractivity contribution in [3.8, 4) is 5.75 Å². The van der Waals surface area contributed by atoms with E-state index in [1.807, 2.05) is 6.92 Å². The second kappa shape index (κ2) is 6.51. The third-order valence-electron chi connectivity index (χ3n) is 3.26. The molecular formula is C13H20FNO4S. The molecule has 0 radical (unpaired) electrons. The molecule has 0 bridgehead atoms. The largest absolute Gasteiger partial charge is 0.494 e. The van der Waals surface area contributed by atoms with Crippen molar-refractivity contribution < 1.29 is 22.7 Å². The van der Waals surface area contributed by atoms with Crippen LogP contribution in [0.1, 0.15) is 26.7 Å². The number of halogens is 1. The first-order valence-corrected chi connectivity index (χ1v) is 7.74. The van der Waals surface area contributed by atoms with Gasteiger partial charge in [0.25, 0.3) is 0 Å². The Morgan fingerprint density at radius 3 is 2.55 bits per heavy atom. The Kier molecular flexibility index (Phi) is 5.50. The van der Waals surface area contributed by atoms with Crippen LogP contribution in [0, 0.1) is 5.82 Å². The number of nitrogens with one attached hydrogen (secondary N) is 1. The first-order chi connectivity index (χ1) is 9.28. The predicted octanol–water partition coefficient (Wildman–Crippen LogP) is 1.66. The average molecular weight is 305 g/mol. The Morgan fingerprint density at radius 2 is 2.10 bits per heavy atom. The summed E-state index contributed by atoms with van der Waals surface area (Å²) in [6, 6.07) is 3.45. The Bertz CT molecular complexity index is 561. The van der Waals surface area contributed by atoms with E-state index in [-0.39, 0.29) is 23.7 Å². The lowest BCUT2D eigenvalue weighted by molar-refractivity contribution is 0.233. The van der Waals surface area contributed by atoms with Gasteiger partial charge in [-0.1, -0.05) is 6.92 Å². The number of aliphatic hydroxyl groups excluding tert-OH is 1. The number of hydrogen-bond acceptors (Lipinski definition) is 4. The zero-order valence-corrected chi connectivity index (χ0v) is 12.6. The molecule has 2 N–H and O–H groups in total. The zero-order valence-electron chi connectivity index (χ0n) is 11.8. The molecule has 0 spiro atoms. The fourth-order valence-electron chi connectivity index (χ4n) is 1.74. The Hall–Kier alpha value is -1.18. The van der Waals surface area contributed by atoms with E-state index in [0.29, 0.717) is 6.42 Å². The van der Waals surface area contributed by atoms with Gasteiger partial charge in [0, 0.05) is 12.1 Å². The zero-order chi connectivity index (χ0) is 15.4. The molecule has 0 fully saturated rings. The molecule has 0 saturated carbocycles. The minimum absolute atomic E-state index is 0.0161. The summed E-state index contributed by atoms with van der Waals surface area (Å²) < 4.78 is 45.3. The van der Waals surface area contributed by atoms with E-state index >= 15 is 0 Å². The van der Waals surface area contributed by atoms with Gasteiger partial charge in [0.15, 0.2) is 11.6 Å². The fraction of sp³-hybridized carbons (Fsp3) is 0.538. The molecule has 1 unspecified atom stereocenters. The Labute approximate surface area is 118 Å². The number of rotatable bonds is 7. The quantitative estimate of drug-likeness (QED) is 0.803. The van der Waals surface area contributed by atoms with E-state index in [1.54, 1.807) is 6.92 Å². The predicted molar refractivity (Wildman–Crippen MR) is 73.7 cm³/mol. The minimum atomic E-state index is -3.86. The lowest BCUT2D eigenvalue weighted by Gasteiger charge is -2.28. The van der Waals surface area contributed by atoms with Crippen LogP contribution >= 0.6 is 0 Å². The first kappa shape index (κ1) is 16.9. The van der Waals surface area contributed by atoms with Crippen LogP contribution in [0.15, 0.2) is 23.1 Å². The van der Waals surface area contributed by atoms with Crippen molar-refractivity contribution in [1.29, 1.82) is 0 Å². The van der Waals surface area contributed by atoms with Crippen molar-refractivity contribution in [3.05, 3.63) is 24.0 Å². The highest BCUT2D eigenvalue weighted by atomic mass is 32.2. The molecule has 0 aromatic heterocycles. The molecule has 114 valence electrons. The maximum atomic E-state index is 13.6. The standard InChI is InChI=1S/C13H20FNO4S/c1-4-13(2,7-8-16)15-20(17,18)10-5-6-12(19-3)11(14)9-10/h5-6,9,15-16H,4,7-8H2,1-3H3. The molecule has 0 aliphatic rings. The second-order valence-electron chi connectivity index (χ2n) is 4.79. The molecular weight excluding hydrogens is 285 g/mol. The van der Waals surface area contributed by atoms with Crippen molar-refractivity contribution >= 4 is 10.0 Å². The van der Waals surface area contributed by atoms with Crippen LogP contribution in [0.3, 0.4) is 0 Å². The molecule has 0 saturated heterocycles. The minimum Gasteiger partial charge on any atom is -0.494 e. The van der Waals surface area contributed by atoms with Gasteiger partial charge in [0.1, 0.15) is 0 Å². The van der Waals surface area contributed by atoms with Crippen molar-refractivity contribution in [2.24, 2.45) is 0 Å². The number of hydrogen-bond donors (Lipinski definition) is 2. The molecule has 1 aromatic rings. The van der Waals surface area contributed by atoms with Gasteiger partial charge in [-0.05, 0) is 38.0 Å². The molecule has 5 nitrogen and oxygen atoms in total. The summed E-state index contributed by atoms with van der Waals surface area (Å²) in [5.41, 5.74) is -0.774. The summed E-state index contributed by atoms with van der Waals surface area (Å²) in [6.45, 7) is 3.37. The van der Waals surface area contributed by atoms with Gasteiger partial charge in [-0.3, -0.25) is 0 Å². The molecule has 0 amide bonds. The molecule has 7 heteroatoms. The highest BCUT2D eigenvalue weighted by Gasteiger charge is 2.29. The maximum Gasteiger partial charge on any atom is 0.241 e. The molecule has 20 heavy (non-hydrogen) atoms. The van der Waals surface area contributed by atoms with E-state index in [1.165, 1.54) is 19.2 Å². The average Bonchev–Trinajstić information content (AvgIpc) is 2.38. The SMILES string of the molecule is CCC(C)(CCO)NS(=O)(=O)c1ccc(OC)c(F)c1. The lowest BCUT2D eigenvalue weighted by Crippen LogP contribution is -2.46. The highest BCUT2D eigenvalue weighted by molar-refractivity contribution is 7.89.